The first-order chi connectivity index (χ1) is 15.4. The molecule has 0 saturated carbocycles. The molecule has 0 aliphatic carbocycles. The largest absolute Gasteiger partial charge is 0.468 e. The molecule has 0 radical (unpaired) electrons. The lowest BCUT2D eigenvalue weighted by Gasteiger charge is -2.47. The number of hydroxylamine groups is 1. The monoisotopic (exact) mass is 435 g/mol. The Morgan fingerprint density at radius 2 is 1.53 bits per heavy atom. The summed E-state index contributed by atoms with van der Waals surface area (Å²) in [4.78, 5) is 32.8. The fourth-order valence-electron chi connectivity index (χ4n) is 3.95. The molecule has 6 nitrogen and oxygen atoms in total. The van der Waals surface area contributed by atoms with E-state index in [0.29, 0.717) is 5.69 Å². The van der Waals surface area contributed by atoms with Gasteiger partial charge in [0.25, 0.3) is 0 Å². The molecule has 168 valence electrons. The summed E-state index contributed by atoms with van der Waals surface area (Å²) in [6.45, 7) is 3.81. The van der Waals surface area contributed by atoms with Crippen LogP contribution in [0.25, 0.3) is 6.08 Å². The number of allylic oxidation sites excluding steroid dienone is 1. The summed E-state index contributed by atoms with van der Waals surface area (Å²) in [5, 5.41) is 1.62. The summed E-state index contributed by atoms with van der Waals surface area (Å²) < 4.78 is 10.3. The predicted molar refractivity (Wildman–Crippen MR) is 124 cm³/mol. The molecule has 0 spiro atoms. The maximum Gasteiger partial charge on any atom is 0.325 e. The van der Waals surface area contributed by atoms with Crippen LogP contribution in [0.4, 0.5) is 5.69 Å². The zero-order valence-electron chi connectivity index (χ0n) is 18.9. The van der Waals surface area contributed by atoms with Crippen molar-refractivity contribution in [3.05, 3.63) is 84.0 Å². The summed E-state index contributed by atoms with van der Waals surface area (Å²) in [6.07, 6.45) is 5.11. The highest BCUT2D eigenvalue weighted by molar-refractivity contribution is 6.02. The second kappa shape index (κ2) is 10.3. The van der Waals surface area contributed by atoms with E-state index in [1.807, 2.05) is 92.7 Å². The first-order valence-electron chi connectivity index (χ1n) is 10.5. The molecular weight excluding hydrogens is 406 g/mol. The molecule has 0 bridgehead atoms. The Balaban J connectivity index is 2.15. The maximum atomic E-state index is 13.2. The van der Waals surface area contributed by atoms with Gasteiger partial charge in [-0.2, -0.15) is 0 Å². The molecule has 0 amide bonds. The smallest absolute Gasteiger partial charge is 0.325 e. The van der Waals surface area contributed by atoms with Gasteiger partial charge in [-0.05, 0) is 31.5 Å². The van der Waals surface area contributed by atoms with Gasteiger partial charge >= 0.3 is 11.9 Å². The van der Waals surface area contributed by atoms with Crippen LogP contribution in [-0.2, 0) is 23.9 Å². The zero-order valence-corrected chi connectivity index (χ0v) is 18.9. The standard InChI is InChI=1S/C26H29NO5/c1-19(2)17-23-26(24(28)30-3,25(29)31-4)18-22(16-15-20-11-7-5-8-12-20)32-27(23)21-13-9-6-10-14-21/h5-17,22-23H,18H2,1-4H3/b16-15+/t22-,23+/m0/s1. The van der Waals surface area contributed by atoms with E-state index in [9.17, 15) is 9.59 Å². The molecule has 2 atom stereocenters. The lowest BCUT2D eigenvalue weighted by atomic mass is 9.73. The van der Waals surface area contributed by atoms with Crippen molar-refractivity contribution in [2.75, 3.05) is 19.3 Å². The van der Waals surface area contributed by atoms with Crippen LogP contribution < -0.4 is 5.06 Å². The third-order valence-corrected chi connectivity index (χ3v) is 5.43. The second-order valence-corrected chi connectivity index (χ2v) is 7.92. The quantitative estimate of drug-likeness (QED) is 0.376. The average molecular weight is 436 g/mol. The number of hydrogen-bond donors (Lipinski definition) is 0. The molecule has 2 aromatic rings. The Morgan fingerprint density at radius 1 is 0.969 bits per heavy atom. The van der Waals surface area contributed by atoms with E-state index in [1.165, 1.54) is 14.2 Å². The van der Waals surface area contributed by atoms with Gasteiger partial charge in [0.15, 0.2) is 5.41 Å². The summed E-state index contributed by atoms with van der Waals surface area (Å²) in [5.41, 5.74) is 1.01. The lowest BCUT2D eigenvalue weighted by molar-refractivity contribution is -0.180. The molecule has 1 saturated heterocycles. The number of ether oxygens (including phenoxy) is 2. The Kier molecular flexibility index (Phi) is 7.49. The lowest BCUT2D eigenvalue weighted by Crippen LogP contribution is -2.62. The van der Waals surface area contributed by atoms with Crippen molar-refractivity contribution < 1.29 is 23.9 Å². The van der Waals surface area contributed by atoms with Crippen LogP contribution in [0.5, 0.6) is 0 Å². The van der Waals surface area contributed by atoms with Crippen molar-refractivity contribution in [2.24, 2.45) is 5.41 Å². The summed E-state index contributed by atoms with van der Waals surface area (Å²) in [5.74, 6) is -1.32. The minimum atomic E-state index is -1.61. The van der Waals surface area contributed by atoms with Crippen molar-refractivity contribution in [3.63, 3.8) is 0 Å². The van der Waals surface area contributed by atoms with Crippen molar-refractivity contribution >= 4 is 23.7 Å². The number of carbonyl (C=O) groups is 2. The van der Waals surface area contributed by atoms with Gasteiger partial charge < -0.3 is 9.47 Å². The third-order valence-electron chi connectivity index (χ3n) is 5.43. The van der Waals surface area contributed by atoms with Crippen molar-refractivity contribution in [2.45, 2.75) is 32.4 Å². The van der Waals surface area contributed by atoms with Gasteiger partial charge in [0.05, 0.1) is 19.9 Å². The van der Waals surface area contributed by atoms with E-state index in [1.54, 1.807) is 5.06 Å². The van der Waals surface area contributed by atoms with E-state index in [-0.39, 0.29) is 6.42 Å². The Morgan fingerprint density at radius 3 is 2.06 bits per heavy atom. The normalized spacial score (nSPS) is 19.9. The second-order valence-electron chi connectivity index (χ2n) is 7.92. The predicted octanol–water partition coefficient (Wildman–Crippen LogP) is 4.58. The zero-order chi connectivity index (χ0) is 23.1. The Labute approximate surface area is 189 Å². The molecule has 32 heavy (non-hydrogen) atoms. The van der Waals surface area contributed by atoms with Gasteiger partial charge in [-0.15, -0.1) is 0 Å². The molecule has 1 fully saturated rings. The van der Waals surface area contributed by atoms with Crippen molar-refractivity contribution in [1.29, 1.82) is 0 Å². The van der Waals surface area contributed by atoms with Crippen LogP contribution in [0.15, 0.2) is 78.4 Å². The van der Waals surface area contributed by atoms with E-state index >= 15 is 0 Å². The van der Waals surface area contributed by atoms with E-state index in [4.69, 9.17) is 14.3 Å². The van der Waals surface area contributed by atoms with Gasteiger partial charge in [-0.25, -0.2) is 5.06 Å². The minimum Gasteiger partial charge on any atom is -0.468 e. The Bertz CT molecular complexity index is 964. The number of nitrogens with zero attached hydrogens (tertiary/aromatic N) is 1. The van der Waals surface area contributed by atoms with Crippen LogP contribution in [0.2, 0.25) is 0 Å². The number of carbonyl (C=O) groups excluding carboxylic acids is 2. The van der Waals surface area contributed by atoms with Crippen LogP contribution in [0.3, 0.4) is 0 Å². The minimum absolute atomic E-state index is 0.0768. The van der Waals surface area contributed by atoms with Gasteiger partial charge in [-0.3, -0.25) is 14.4 Å². The molecule has 6 heteroatoms. The molecule has 1 aliphatic heterocycles. The number of rotatable bonds is 6. The fraction of sp³-hybridized carbons (Fsp3) is 0.308. The molecule has 0 aromatic heterocycles. The van der Waals surface area contributed by atoms with Gasteiger partial charge in [-0.1, -0.05) is 72.3 Å². The van der Waals surface area contributed by atoms with Gasteiger partial charge in [0.2, 0.25) is 0 Å². The highest BCUT2D eigenvalue weighted by Crippen LogP contribution is 2.43. The van der Waals surface area contributed by atoms with Crippen LogP contribution >= 0.6 is 0 Å². The number of benzene rings is 2. The molecule has 2 aromatic carbocycles. The fourth-order valence-corrected chi connectivity index (χ4v) is 3.95. The van der Waals surface area contributed by atoms with Crippen LogP contribution in [-0.4, -0.2) is 38.3 Å². The first kappa shape index (κ1) is 23.3. The van der Waals surface area contributed by atoms with E-state index in [2.05, 4.69) is 0 Å². The van der Waals surface area contributed by atoms with Crippen molar-refractivity contribution in [3.8, 4) is 0 Å². The molecule has 0 N–H and O–H groups in total. The number of anilines is 1. The average Bonchev–Trinajstić information content (AvgIpc) is 2.83. The van der Waals surface area contributed by atoms with Crippen LogP contribution in [0.1, 0.15) is 25.8 Å². The SMILES string of the molecule is COC(=O)C1(C(=O)OC)C[C@H](/C=C/c2ccccc2)ON(c2ccccc2)[C@@H]1C=C(C)C. The number of hydrogen-bond acceptors (Lipinski definition) is 6. The summed E-state index contributed by atoms with van der Waals surface area (Å²) in [7, 11) is 2.56. The van der Waals surface area contributed by atoms with Crippen LogP contribution in [0, 0.1) is 5.41 Å². The molecule has 1 heterocycles. The number of esters is 2. The van der Waals surface area contributed by atoms with Gasteiger partial charge in [0.1, 0.15) is 12.1 Å². The molecular formula is C26H29NO5. The first-order valence-corrected chi connectivity index (χ1v) is 10.5. The van der Waals surface area contributed by atoms with E-state index in [0.717, 1.165) is 11.1 Å². The highest BCUT2D eigenvalue weighted by atomic mass is 16.7. The number of methoxy groups -OCH3 is 2. The van der Waals surface area contributed by atoms with Crippen molar-refractivity contribution in [1.82, 2.24) is 0 Å². The number of para-hydroxylation sites is 1. The molecule has 0 unspecified atom stereocenters. The maximum absolute atomic E-state index is 13.2. The molecule has 3 rings (SSSR count). The van der Waals surface area contributed by atoms with Gasteiger partial charge in [0, 0.05) is 6.42 Å². The molecule has 1 aliphatic rings. The topological polar surface area (TPSA) is 65.1 Å². The third kappa shape index (κ3) is 4.75. The summed E-state index contributed by atoms with van der Waals surface area (Å²) >= 11 is 0. The summed E-state index contributed by atoms with van der Waals surface area (Å²) in [6, 6.07) is 18.4. The van der Waals surface area contributed by atoms with E-state index < -0.39 is 29.5 Å². The highest BCUT2D eigenvalue weighted by Gasteiger charge is 2.60. The Hall–Kier alpha value is -3.38.